The average Bonchev–Trinajstić information content (AvgIpc) is 2.33. The van der Waals surface area contributed by atoms with Gasteiger partial charge in [0.25, 0.3) is 0 Å². The third-order valence-electron chi connectivity index (χ3n) is 2.46. The molecule has 0 amide bonds. The molecule has 0 unspecified atom stereocenters. The highest BCUT2D eigenvalue weighted by atomic mass is 79.9. The van der Waals surface area contributed by atoms with Crippen molar-refractivity contribution in [1.82, 2.24) is 0 Å². The molecule has 0 bridgehead atoms. The van der Waals surface area contributed by atoms with Gasteiger partial charge >= 0.3 is 0 Å². The van der Waals surface area contributed by atoms with Crippen LogP contribution in [-0.2, 0) is 0 Å². The summed E-state index contributed by atoms with van der Waals surface area (Å²) >= 11 is 3.60. The number of fused-ring (bicyclic) bond motifs is 1. The van der Waals surface area contributed by atoms with Gasteiger partial charge in [-0.25, -0.2) is 0 Å². The van der Waals surface area contributed by atoms with Crippen molar-refractivity contribution in [1.29, 1.82) is 0 Å². The van der Waals surface area contributed by atoms with E-state index < -0.39 is 0 Å². The van der Waals surface area contributed by atoms with E-state index in [1.54, 1.807) is 0 Å². The normalized spacial score (nSPS) is 16.9. The first kappa shape index (κ1) is 8.06. The van der Waals surface area contributed by atoms with Gasteiger partial charge in [-0.1, -0.05) is 40.2 Å². The molecule has 0 fully saturated rings. The van der Waals surface area contributed by atoms with Crippen LogP contribution in [0.1, 0.15) is 25.0 Å². The van der Waals surface area contributed by atoms with Gasteiger partial charge in [0.2, 0.25) is 0 Å². The van der Waals surface area contributed by atoms with Gasteiger partial charge in [-0.3, -0.25) is 0 Å². The lowest BCUT2D eigenvalue weighted by atomic mass is 10.1. The van der Waals surface area contributed by atoms with Crippen LogP contribution >= 0.6 is 15.9 Å². The number of hydrogen-bond acceptors (Lipinski definition) is 0. The molecule has 0 aliphatic heterocycles. The summed E-state index contributed by atoms with van der Waals surface area (Å²) in [5.41, 5.74) is 5.43. The van der Waals surface area contributed by atoms with Crippen molar-refractivity contribution >= 4 is 21.5 Å². The minimum Gasteiger partial charge on any atom is -0.0729 e. The smallest absolute Gasteiger partial charge is 0.0729 e. The van der Waals surface area contributed by atoms with Crippen LogP contribution in [0.15, 0.2) is 29.8 Å². The van der Waals surface area contributed by atoms with Gasteiger partial charge < -0.3 is 0 Å². The Morgan fingerprint density at radius 2 is 1.50 bits per heavy atom. The Kier molecular flexibility index (Phi) is 1.84. The van der Waals surface area contributed by atoms with Crippen LogP contribution in [0.5, 0.6) is 0 Å². The summed E-state index contributed by atoms with van der Waals surface area (Å²) in [6, 6.07) is 8.48. The van der Waals surface area contributed by atoms with Crippen molar-refractivity contribution in [2.45, 2.75) is 13.8 Å². The van der Waals surface area contributed by atoms with Gasteiger partial charge in [0.05, 0.1) is 4.83 Å². The Bertz CT molecular complexity index is 350. The summed E-state index contributed by atoms with van der Waals surface area (Å²) in [5, 5.41) is 0. The maximum absolute atomic E-state index is 3.60. The van der Waals surface area contributed by atoms with Crippen molar-refractivity contribution in [3.8, 4) is 0 Å². The van der Waals surface area contributed by atoms with Crippen molar-refractivity contribution < 1.29 is 0 Å². The van der Waals surface area contributed by atoms with Gasteiger partial charge in [0.15, 0.2) is 0 Å². The molecule has 1 aliphatic rings. The second-order valence-electron chi connectivity index (χ2n) is 3.11. The quantitative estimate of drug-likeness (QED) is 0.626. The Balaban J connectivity index is 2.65. The molecule has 0 heterocycles. The lowest BCUT2D eigenvalue weighted by Gasteiger charge is -2.02. The van der Waals surface area contributed by atoms with Crippen LogP contribution in [0.3, 0.4) is 0 Å². The van der Waals surface area contributed by atoms with E-state index in [1.165, 1.54) is 27.1 Å². The summed E-state index contributed by atoms with van der Waals surface area (Å²) in [4.78, 5) is 1.25. The van der Waals surface area contributed by atoms with Crippen LogP contribution < -0.4 is 0 Å². The largest absolute Gasteiger partial charge is 0.0955 e. The second-order valence-corrected chi connectivity index (χ2v) is 3.90. The molecule has 0 saturated heterocycles. The summed E-state index contributed by atoms with van der Waals surface area (Å²) in [5.74, 6) is 0. The highest BCUT2D eigenvalue weighted by molar-refractivity contribution is 9.11. The van der Waals surface area contributed by atoms with Crippen LogP contribution in [0.25, 0.3) is 5.57 Å². The van der Waals surface area contributed by atoms with Gasteiger partial charge in [-0.2, -0.15) is 0 Å². The lowest BCUT2D eigenvalue weighted by molar-refractivity contribution is 1.41. The summed E-state index contributed by atoms with van der Waals surface area (Å²) in [7, 11) is 0. The van der Waals surface area contributed by atoms with Crippen molar-refractivity contribution in [3.63, 3.8) is 0 Å². The van der Waals surface area contributed by atoms with E-state index in [4.69, 9.17) is 0 Å². The minimum absolute atomic E-state index is 1.25. The van der Waals surface area contributed by atoms with E-state index in [2.05, 4.69) is 54.0 Å². The molecule has 1 heteroatoms. The standard InChI is InChI=1S/C11H10Br/c1-7-8(2)11(12)10-6-4-3-5-9(7)10/h3-6H,1-2H3. The highest BCUT2D eigenvalue weighted by Gasteiger charge is 2.23. The molecule has 61 valence electrons. The average molecular weight is 222 g/mol. The van der Waals surface area contributed by atoms with Crippen LogP contribution in [0.2, 0.25) is 0 Å². The van der Waals surface area contributed by atoms with Crippen LogP contribution in [0, 0.1) is 4.83 Å². The molecule has 0 nitrogen and oxygen atoms in total. The van der Waals surface area contributed by atoms with E-state index in [9.17, 15) is 0 Å². The second kappa shape index (κ2) is 2.74. The zero-order valence-electron chi connectivity index (χ0n) is 7.19. The number of rotatable bonds is 0. The molecule has 0 N–H and O–H groups in total. The maximum Gasteiger partial charge on any atom is 0.0955 e. The molecule has 1 aromatic carbocycles. The maximum atomic E-state index is 3.60. The molecule has 1 aliphatic carbocycles. The molecule has 0 aromatic heterocycles. The first-order chi connectivity index (χ1) is 5.72. The van der Waals surface area contributed by atoms with E-state index >= 15 is 0 Å². The predicted octanol–water partition coefficient (Wildman–Crippen LogP) is 3.77. The molecule has 1 radical (unpaired) electrons. The molecule has 0 spiro atoms. The van der Waals surface area contributed by atoms with Gasteiger partial charge in [-0.05, 0) is 36.1 Å². The topological polar surface area (TPSA) is 0 Å². The van der Waals surface area contributed by atoms with Crippen LogP contribution in [0.4, 0.5) is 0 Å². The fourth-order valence-corrected chi connectivity index (χ4v) is 2.21. The minimum atomic E-state index is 1.25. The SMILES string of the molecule is CC1=C(C)c2ccccc2[C]1Br. The number of allylic oxidation sites excluding steroid dienone is 2. The van der Waals surface area contributed by atoms with E-state index in [-0.39, 0.29) is 0 Å². The fourth-order valence-electron chi connectivity index (χ4n) is 1.57. The molecule has 2 rings (SSSR count). The van der Waals surface area contributed by atoms with E-state index in [0.29, 0.717) is 0 Å². The van der Waals surface area contributed by atoms with E-state index in [1.807, 2.05) is 0 Å². The Hall–Kier alpha value is -0.560. The summed E-state index contributed by atoms with van der Waals surface area (Å²) in [6.07, 6.45) is 0. The highest BCUT2D eigenvalue weighted by Crippen LogP contribution is 2.43. The zero-order valence-corrected chi connectivity index (χ0v) is 8.77. The summed E-state index contributed by atoms with van der Waals surface area (Å²) < 4.78 is 0. The number of halogens is 1. The van der Waals surface area contributed by atoms with Gasteiger partial charge in [-0.15, -0.1) is 0 Å². The number of benzene rings is 1. The molecule has 0 saturated carbocycles. The van der Waals surface area contributed by atoms with Crippen molar-refractivity contribution in [2.24, 2.45) is 0 Å². The Morgan fingerprint density at radius 1 is 0.917 bits per heavy atom. The molecule has 12 heavy (non-hydrogen) atoms. The molecular weight excluding hydrogens is 212 g/mol. The van der Waals surface area contributed by atoms with Crippen LogP contribution in [-0.4, -0.2) is 0 Å². The first-order valence-electron chi connectivity index (χ1n) is 4.02. The predicted molar refractivity (Wildman–Crippen MR) is 56.0 cm³/mol. The Labute approximate surface area is 81.4 Å². The third-order valence-corrected chi connectivity index (χ3v) is 3.48. The first-order valence-corrected chi connectivity index (χ1v) is 4.81. The number of hydrogen-bond donors (Lipinski definition) is 0. The van der Waals surface area contributed by atoms with Gasteiger partial charge in [0.1, 0.15) is 0 Å². The van der Waals surface area contributed by atoms with Gasteiger partial charge in [0, 0.05) is 0 Å². The molecule has 1 aromatic rings. The summed E-state index contributed by atoms with van der Waals surface area (Å²) in [6.45, 7) is 4.32. The van der Waals surface area contributed by atoms with Crippen molar-refractivity contribution in [2.75, 3.05) is 0 Å². The monoisotopic (exact) mass is 221 g/mol. The third kappa shape index (κ3) is 0.962. The van der Waals surface area contributed by atoms with E-state index in [0.717, 1.165) is 0 Å². The molecule has 0 atom stereocenters. The fraction of sp³-hybridized carbons (Fsp3) is 0.182. The Morgan fingerprint density at radius 3 is 2.08 bits per heavy atom. The van der Waals surface area contributed by atoms with Crippen molar-refractivity contribution in [3.05, 3.63) is 45.8 Å². The lowest BCUT2D eigenvalue weighted by Crippen LogP contribution is -1.85. The zero-order chi connectivity index (χ0) is 8.72. The molecular formula is C11H10Br.